The standard InChI is InChI=1S/C20H21ClN4O3/c1-10(2)15-9-13(17-11(3)24-28-19(17)23-15)18(26)22-16-8-12(6-7-14(16)21)20(27)25(4)5/h6-10H,1-5H3,(H,22,26). The summed E-state index contributed by atoms with van der Waals surface area (Å²) >= 11 is 6.24. The molecular formula is C20H21ClN4O3. The molecule has 0 saturated carbocycles. The first-order valence-corrected chi connectivity index (χ1v) is 9.16. The normalized spacial score (nSPS) is 11.1. The van der Waals surface area contributed by atoms with Crippen LogP contribution in [-0.4, -0.2) is 41.0 Å². The van der Waals surface area contributed by atoms with E-state index in [-0.39, 0.29) is 17.7 Å². The van der Waals surface area contributed by atoms with Crippen molar-refractivity contribution < 1.29 is 14.1 Å². The summed E-state index contributed by atoms with van der Waals surface area (Å²) in [6.07, 6.45) is 0. The average Bonchev–Trinajstić information content (AvgIpc) is 3.03. The fourth-order valence-electron chi connectivity index (χ4n) is 2.79. The molecule has 3 aromatic rings. The number of carbonyl (C=O) groups excluding carboxylic acids is 2. The fraction of sp³-hybridized carbons (Fsp3) is 0.300. The number of halogens is 1. The minimum atomic E-state index is -0.378. The van der Waals surface area contributed by atoms with Crippen LogP contribution in [0.3, 0.4) is 0 Å². The summed E-state index contributed by atoms with van der Waals surface area (Å²) in [5.74, 6) is -0.460. The van der Waals surface area contributed by atoms with Crippen molar-refractivity contribution in [2.45, 2.75) is 26.7 Å². The van der Waals surface area contributed by atoms with Crippen LogP contribution in [-0.2, 0) is 0 Å². The van der Waals surface area contributed by atoms with Crippen LogP contribution < -0.4 is 5.32 Å². The lowest BCUT2D eigenvalue weighted by Gasteiger charge is -2.14. The molecule has 2 amide bonds. The summed E-state index contributed by atoms with van der Waals surface area (Å²) in [4.78, 5) is 31.2. The number of pyridine rings is 1. The monoisotopic (exact) mass is 400 g/mol. The van der Waals surface area contributed by atoms with Crippen molar-refractivity contribution in [2.75, 3.05) is 19.4 Å². The average molecular weight is 401 g/mol. The number of hydrogen-bond acceptors (Lipinski definition) is 5. The van der Waals surface area contributed by atoms with Gasteiger partial charge in [-0.25, -0.2) is 4.98 Å². The Hall–Kier alpha value is -2.93. The van der Waals surface area contributed by atoms with E-state index in [4.69, 9.17) is 16.1 Å². The van der Waals surface area contributed by atoms with Gasteiger partial charge in [-0.2, -0.15) is 0 Å². The predicted molar refractivity (Wildman–Crippen MR) is 108 cm³/mol. The van der Waals surface area contributed by atoms with Gasteiger partial charge in [-0.15, -0.1) is 0 Å². The van der Waals surface area contributed by atoms with Gasteiger partial charge < -0.3 is 14.7 Å². The second-order valence-corrected chi connectivity index (χ2v) is 7.45. The highest BCUT2D eigenvalue weighted by Crippen LogP contribution is 2.28. The van der Waals surface area contributed by atoms with Gasteiger partial charge in [0, 0.05) is 25.4 Å². The van der Waals surface area contributed by atoms with E-state index >= 15 is 0 Å². The van der Waals surface area contributed by atoms with Crippen LogP contribution in [0, 0.1) is 6.92 Å². The zero-order chi connectivity index (χ0) is 20.6. The molecule has 7 nitrogen and oxygen atoms in total. The minimum absolute atomic E-state index is 0.103. The Labute approximate surface area is 167 Å². The van der Waals surface area contributed by atoms with Crippen LogP contribution >= 0.6 is 11.6 Å². The molecule has 2 aromatic heterocycles. The van der Waals surface area contributed by atoms with Gasteiger partial charge in [-0.05, 0) is 37.1 Å². The molecule has 0 unspecified atom stereocenters. The summed E-state index contributed by atoms with van der Waals surface area (Å²) < 4.78 is 5.26. The Morgan fingerprint density at radius 3 is 2.57 bits per heavy atom. The second-order valence-electron chi connectivity index (χ2n) is 7.05. The number of rotatable bonds is 4. The van der Waals surface area contributed by atoms with Crippen molar-refractivity contribution in [3.8, 4) is 0 Å². The molecule has 3 rings (SSSR count). The molecule has 28 heavy (non-hydrogen) atoms. The van der Waals surface area contributed by atoms with Gasteiger partial charge in [0.05, 0.1) is 27.4 Å². The first kappa shape index (κ1) is 19.8. The molecule has 2 heterocycles. The Kier molecular flexibility index (Phi) is 5.38. The highest BCUT2D eigenvalue weighted by molar-refractivity contribution is 6.34. The van der Waals surface area contributed by atoms with Gasteiger partial charge in [0.2, 0.25) is 0 Å². The molecule has 0 aliphatic rings. The lowest BCUT2D eigenvalue weighted by Crippen LogP contribution is -2.22. The third-order valence-electron chi connectivity index (χ3n) is 4.34. The van der Waals surface area contributed by atoms with E-state index in [0.717, 1.165) is 5.69 Å². The summed E-state index contributed by atoms with van der Waals surface area (Å²) in [6.45, 7) is 5.71. The van der Waals surface area contributed by atoms with Gasteiger partial charge >= 0.3 is 0 Å². The highest BCUT2D eigenvalue weighted by atomic mass is 35.5. The SMILES string of the molecule is Cc1noc2nc(C(C)C)cc(C(=O)Nc3cc(C(=O)N(C)C)ccc3Cl)c12. The molecule has 0 spiro atoms. The molecular weight excluding hydrogens is 380 g/mol. The van der Waals surface area contributed by atoms with Crippen LogP contribution in [0.2, 0.25) is 5.02 Å². The Balaban J connectivity index is 2.03. The number of fused-ring (bicyclic) bond motifs is 1. The summed E-state index contributed by atoms with van der Waals surface area (Å²) in [6, 6.07) is 6.49. The number of aromatic nitrogens is 2. The maximum Gasteiger partial charge on any atom is 0.259 e. The number of amides is 2. The van der Waals surface area contributed by atoms with Crippen LogP contribution in [0.4, 0.5) is 5.69 Å². The molecule has 0 aliphatic carbocycles. The van der Waals surface area contributed by atoms with Gasteiger partial charge in [-0.3, -0.25) is 9.59 Å². The van der Waals surface area contributed by atoms with Crippen molar-refractivity contribution in [3.05, 3.63) is 51.8 Å². The van der Waals surface area contributed by atoms with E-state index in [1.165, 1.54) is 4.90 Å². The maximum absolute atomic E-state index is 13.1. The van der Waals surface area contributed by atoms with E-state index < -0.39 is 0 Å². The quantitative estimate of drug-likeness (QED) is 0.706. The molecule has 146 valence electrons. The number of nitrogens with one attached hydrogen (secondary N) is 1. The minimum Gasteiger partial charge on any atom is -0.345 e. The molecule has 0 atom stereocenters. The van der Waals surface area contributed by atoms with Gasteiger partial charge in [0.25, 0.3) is 17.5 Å². The Morgan fingerprint density at radius 1 is 1.21 bits per heavy atom. The number of nitrogens with zero attached hydrogens (tertiary/aromatic N) is 3. The van der Waals surface area contributed by atoms with E-state index in [9.17, 15) is 9.59 Å². The van der Waals surface area contributed by atoms with Gasteiger partial charge in [0.15, 0.2) is 0 Å². The largest absolute Gasteiger partial charge is 0.345 e. The van der Waals surface area contributed by atoms with Crippen LogP contribution in [0.1, 0.15) is 51.9 Å². The number of carbonyl (C=O) groups is 2. The van der Waals surface area contributed by atoms with Crippen molar-refractivity contribution in [1.82, 2.24) is 15.0 Å². The number of benzene rings is 1. The topological polar surface area (TPSA) is 88.3 Å². The van der Waals surface area contributed by atoms with Gasteiger partial charge in [-0.1, -0.05) is 30.6 Å². The molecule has 0 radical (unpaired) electrons. The van der Waals surface area contributed by atoms with Crippen molar-refractivity contribution in [1.29, 1.82) is 0 Å². The predicted octanol–water partition coefficient (Wildman–Crippen LogP) is 4.26. The van der Waals surface area contributed by atoms with Crippen LogP contribution in [0.15, 0.2) is 28.8 Å². The Morgan fingerprint density at radius 2 is 1.93 bits per heavy atom. The van der Waals surface area contributed by atoms with Crippen molar-refractivity contribution in [2.24, 2.45) is 0 Å². The Bertz CT molecular complexity index is 1070. The maximum atomic E-state index is 13.1. The molecule has 1 N–H and O–H groups in total. The van der Waals surface area contributed by atoms with Gasteiger partial charge in [0.1, 0.15) is 0 Å². The number of anilines is 1. The molecule has 8 heteroatoms. The molecule has 0 aliphatic heterocycles. The number of hydrogen-bond donors (Lipinski definition) is 1. The first-order chi connectivity index (χ1) is 13.2. The summed E-state index contributed by atoms with van der Waals surface area (Å²) in [5.41, 5.74) is 2.78. The highest BCUT2D eigenvalue weighted by Gasteiger charge is 2.21. The molecule has 0 fully saturated rings. The van der Waals surface area contributed by atoms with E-state index in [1.54, 1.807) is 45.3 Å². The van der Waals surface area contributed by atoms with Crippen molar-refractivity contribution in [3.63, 3.8) is 0 Å². The lowest BCUT2D eigenvalue weighted by molar-refractivity contribution is 0.0827. The van der Waals surface area contributed by atoms with Crippen LogP contribution in [0.5, 0.6) is 0 Å². The second kappa shape index (κ2) is 7.59. The van der Waals surface area contributed by atoms with E-state index in [1.807, 2.05) is 13.8 Å². The van der Waals surface area contributed by atoms with E-state index in [0.29, 0.717) is 38.6 Å². The molecule has 0 bridgehead atoms. The molecule has 0 saturated heterocycles. The lowest BCUT2D eigenvalue weighted by atomic mass is 10.0. The van der Waals surface area contributed by atoms with Crippen LogP contribution in [0.25, 0.3) is 11.1 Å². The zero-order valence-corrected chi connectivity index (χ0v) is 17.1. The van der Waals surface area contributed by atoms with Crippen molar-refractivity contribution >= 4 is 40.2 Å². The third kappa shape index (κ3) is 3.71. The third-order valence-corrected chi connectivity index (χ3v) is 4.67. The first-order valence-electron chi connectivity index (χ1n) is 8.78. The smallest absolute Gasteiger partial charge is 0.259 e. The van der Waals surface area contributed by atoms with E-state index in [2.05, 4.69) is 15.5 Å². The number of aryl methyl sites for hydroxylation is 1. The summed E-state index contributed by atoms with van der Waals surface area (Å²) in [5, 5.41) is 7.61. The zero-order valence-electron chi connectivity index (χ0n) is 16.3. The fourth-order valence-corrected chi connectivity index (χ4v) is 2.96. The molecule has 1 aromatic carbocycles. The summed E-state index contributed by atoms with van der Waals surface area (Å²) in [7, 11) is 3.32.